The molecule has 1 aliphatic heterocycles. The van der Waals surface area contributed by atoms with E-state index >= 15 is 0 Å². The lowest BCUT2D eigenvalue weighted by atomic mass is 9.95. The van der Waals surface area contributed by atoms with Crippen molar-refractivity contribution in [1.82, 2.24) is 14.7 Å². The molecule has 102 valence electrons. The van der Waals surface area contributed by atoms with Gasteiger partial charge in [0.25, 0.3) is 0 Å². The second kappa shape index (κ2) is 5.41. The minimum Gasteiger partial charge on any atom is -0.324 e. The van der Waals surface area contributed by atoms with E-state index in [4.69, 9.17) is 5.73 Å². The van der Waals surface area contributed by atoms with Crippen LogP contribution >= 0.6 is 0 Å². The molecule has 2 N–H and O–H groups in total. The Morgan fingerprint density at radius 3 is 2.56 bits per heavy atom. The number of likely N-dealkylation sites (tertiary alicyclic amines) is 1. The van der Waals surface area contributed by atoms with Crippen LogP contribution in [0.2, 0.25) is 0 Å². The number of aromatic nitrogens is 2. The largest absolute Gasteiger partial charge is 0.324 e. The van der Waals surface area contributed by atoms with E-state index in [0.29, 0.717) is 0 Å². The maximum Gasteiger partial charge on any atom is 0.0518 e. The quantitative estimate of drug-likeness (QED) is 0.883. The van der Waals surface area contributed by atoms with Crippen molar-refractivity contribution in [2.45, 2.75) is 45.7 Å². The van der Waals surface area contributed by atoms with Gasteiger partial charge in [0.2, 0.25) is 0 Å². The molecule has 1 aromatic heterocycles. The van der Waals surface area contributed by atoms with Crippen molar-refractivity contribution in [2.24, 2.45) is 11.7 Å². The fourth-order valence-corrected chi connectivity index (χ4v) is 2.73. The van der Waals surface area contributed by atoms with E-state index in [1.807, 2.05) is 6.20 Å². The van der Waals surface area contributed by atoms with Gasteiger partial charge in [-0.1, -0.05) is 0 Å². The van der Waals surface area contributed by atoms with E-state index < -0.39 is 0 Å². The first-order chi connectivity index (χ1) is 8.42. The Labute approximate surface area is 110 Å². The zero-order valence-electron chi connectivity index (χ0n) is 11.9. The van der Waals surface area contributed by atoms with Gasteiger partial charge in [-0.05, 0) is 58.2 Å². The average Bonchev–Trinajstić information content (AvgIpc) is 2.65. The number of nitrogens with two attached hydrogens (primary N) is 1. The molecule has 4 heteroatoms. The molecule has 0 bridgehead atoms. The van der Waals surface area contributed by atoms with Gasteiger partial charge >= 0.3 is 0 Å². The molecule has 1 saturated heterocycles. The van der Waals surface area contributed by atoms with Gasteiger partial charge in [0.1, 0.15) is 0 Å². The van der Waals surface area contributed by atoms with Gasteiger partial charge in [0.05, 0.1) is 6.20 Å². The maximum absolute atomic E-state index is 6.07. The first-order valence-electron chi connectivity index (χ1n) is 6.93. The van der Waals surface area contributed by atoms with Gasteiger partial charge in [-0.15, -0.1) is 0 Å². The van der Waals surface area contributed by atoms with E-state index in [9.17, 15) is 0 Å². The van der Waals surface area contributed by atoms with E-state index in [-0.39, 0.29) is 5.54 Å². The average molecular weight is 250 g/mol. The highest BCUT2D eigenvalue weighted by Gasteiger charge is 2.23. The molecule has 0 aliphatic carbocycles. The van der Waals surface area contributed by atoms with Crippen molar-refractivity contribution < 1.29 is 0 Å². The SMILES string of the molecule is Cc1cnn(CC2CCN(CC(C)(C)N)CC2)c1. The van der Waals surface area contributed by atoms with E-state index in [2.05, 4.69) is 41.6 Å². The predicted octanol–water partition coefficient (Wildman–Crippen LogP) is 1.64. The Hall–Kier alpha value is -0.870. The van der Waals surface area contributed by atoms with Gasteiger partial charge in [-0.2, -0.15) is 5.10 Å². The second-order valence-electron chi connectivity index (χ2n) is 6.45. The summed E-state index contributed by atoms with van der Waals surface area (Å²) in [6.07, 6.45) is 6.59. The number of nitrogens with zero attached hydrogens (tertiary/aromatic N) is 3. The van der Waals surface area contributed by atoms with Gasteiger partial charge < -0.3 is 10.6 Å². The summed E-state index contributed by atoms with van der Waals surface area (Å²) in [5.41, 5.74) is 7.24. The lowest BCUT2D eigenvalue weighted by molar-refractivity contribution is 0.148. The summed E-state index contributed by atoms with van der Waals surface area (Å²) in [7, 11) is 0. The number of rotatable bonds is 4. The lowest BCUT2D eigenvalue weighted by Gasteiger charge is -2.35. The highest BCUT2D eigenvalue weighted by molar-refractivity contribution is 4.99. The number of aryl methyl sites for hydroxylation is 1. The summed E-state index contributed by atoms with van der Waals surface area (Å²) in [6.45, 7) is 10.7. The van der Waals surface area contributed by atoms with Crippen LogP contribution in [-0.4, -0.2) is 39.9 Å². The van der Waals surface area contributed by atoms with Gasteiger partial charge in [0.15, 0.2) is 0 Å². The summed E-state index contributed by atoms with van der Waals surface area (Å²) in [5.74, 6) is 0.765. The molecule has 0 unspecified atom stereocenters. The normalized spacial score (nSPS) is 19.3. The Kier molecular flexibility index (Phi) is 4.07. The lowest BCUT2D eigenvalue weighted by Crippen LogP contribution is -2.48. The van der Waals surface area contributed by atoms with Crippen LogP contribution in [0, 0.1) is 12.8 Å². The molecule has 2 heterocycles. The molecule has 1 aliphatic rings. The van der Waals surface area contributed by atoms with Crippen molar-refractivity contribution in [3.63, 3.8) is 0 Å². The van der Waals surface area contributed by atoms with E-state index in [1.54, 1.807) is 0 Å². The van der Waals surface area contributed by atoms with Crippen molar-refractivity contribution >= 4 is 0 Å². The van der Waals surface area contributed by atoms with Crippen LogP contribution in [-0.2, 0) is 6.54 Å². The van der Waals surface area contributed by atoms with Crippen LogP contribution in [0.25, 0.3) is 0 Å². The number of hydrogen-bond acceptors (Lipinski definition) is 3. The van der Waals surface area contributed by atoms with Crippen molar-refractivity contribution in [3.8, 4) is 0 Å². The predicted molar refractivity (Wildman–Crippen MR) is 74.4 cm³/mol. The van der Waals surface area contributed by atoms with Crippen LogP contribution in [0.5, 0.6) is 0 Å². The second-order valence-corrected chi connectivity index (χ2v) is 6.45. The van der Waals surface area contributed by atoms with E-state index in [0.717, 1.165) is 19.0 Å². The molecule has 2 rings (SSSR count). The highest BCUT2D eigenvalue weighted by atomic mass is 15.3. The van der Waals surface area contributed by atoms with Crippen molar-refractivity contribution in [1.29, 1.82) is 0 Å². The zero-order chi connectivity index (χ0) is 13.2. The molecular weight excluding hydrogens is 224 g/mol. The Balaban J connectivity index is 1.77. The Morgan fingerprint density at radius 2 is 2.06 bits per heavy atom. The molecule has 0 spiro atoms. The van der Waals surface area contributed by atoms with Crippen molar-refractivity contribution in [2.75, 3.05) is 19.6 Å². The zero-order valence-corrected chi connectivity index (χ0v) is 11.9. The van der Waals surface area contributed by atoms with Crippen LogP contribution in [0.4, 0.5) is 0 Å². The standard InChI is InChI=1S/C14H26N4/c1-12-8-16-18(9-12)10-13-4-6-17(7-5-13)11-14(2,3)15/h8-9,13H,4-7,10-11,15H2,1-3H3. The van der Waals surface area contributed by atoms with Crippen LogP contribution < -0.4 is 5.73 Å². The highest BCUT2D eigenvalue weighted by Crippen LogP contribution is 2.20. The van der Waals surface area contributed by atoms with Gasteiger partial charge in [-0.3, -0.25) is 4.68 Å². The molecule has 0 radical (unpaired) electrons. The third-order valence-corrected chi connectivity index (χ3v) is 3.55. The topological polar surface area (TPSA) is 47.1 Å². The molecule has 0 aromatic carbocycles. The van der Waals surface area contributed by atoms with Crippen LogP contribution in [0.15, 0.2) is 12.4 Å². The molecule has 0 saturated carbocycles. The third-order valence-electron chi connectivity index (χ3n) is 3.55. The summed E-state index contributed by atoms with van der Waals surface area (Å²) in [6, 6.07) is 0. The fourth-order valence-electron chi connectivity index (χ4n) is 2.73. The third kappa shape index (κ3) is 4.10. The number of hydrogen-bond donors (Lipinski definition) is 1. The Morgan fingerprint density at radius 1 is 1.39 bits per heavy atom. The van der Waals surface area contributed by atoms with E-state index in [1.165, 1.54) is 31.5 Å². The molecular formula is C14H26N4. The molecule has 18 heavy (non-hydrogen) atoms. The smallest absolute Gasteiger partial charge is 0.0518 e. The summed E-state index contributed by atoms with van der Waals surface area (Å²) >= 11 is 0. The summed E-state index contributed by atoms with van der Waals surface area (Å²) in [4.78, 5) is 2.49. The minimum absolute atomic E-state index is 0.0774. The maximum atomic E-state index is 6.07. The van der Waals surface area contributed by atoms with Gasteiger partial charge in [0, 0.05) is 24.8 Å². The molecule has 4 nitrogen and oxygen atoms in total. The molecule has 1 aromatic rings. The van der Waals surface area contributed by atoms with Crippen molar-refractivity contribution in [3.05, 3.63) is 18.0 Å². The molecule has 0 amide bonds. The Bertz CT molecular complexity index is 369. The minimum atomic E-state index is -0.0774. The molecule has 1 fully saturated rings. The first-order valence-corrected chi connectivity index (χ1v) is 6.93. The number of piperidine rings is 1. The van der Waals surface area contributed by atoms with Gasteiger partial charge in [-0.25, -0.2) is 0 Å². The van der Waals surface area contributed by atoms with Crippen LogP contribution in [0.3, 0.4) is 0 Å². The first kappa shape index (κ1) is 13.6. The summed E-state index contributed by atoms with van der Waals surface area (Å²) in [5, 5.41) is 4.37. The molecule has 0 atom stereocenters. The fraction of sp³-hybridized carbons (Fsp3) is 0.786. The monoisotopic (exact) mass is 250 g/mol. The van der Waals surface area contributed by atoms with Crippen LogP contribution in [0.1, 0.15) is 32.3 Å². The summed E-state index contributed by atoms with van der Waals surface area (Å²) < 4.78 is 2.09.